The van der Waals surface area contributed by atoms with Gasteiger partial charge in [-0.2, -0.15) is 0 Å². The number of Topliss-reactive ketones (excluding diaryl/α,β-unsaturated/α-hetero) is 1. The Balaban J connectivity index is 3.60. The number of aliphatic carboxylic acids is 1. The van der Waals surface area contributed by atoms with Crippen LogP contribution in [-0.2, 0) is 9.59 Å². The molecule has 86 valence electrons. The van der Waals surface area contributed by atoms with Crippen LogP contribution in [0.2, 0.25) is 0 Å². The molecule has 0 aliphatic carbocycles. The van der Waals surface area contributed by atoms with E-state index >= 15 is 0 Å². The van der Waals surface area contributed by atoms with Gasteiger partial charge in [-0.3, -0.25) is 9.59 Å². The lowest BCUT2D eigenvalue weighted by Gasteiger charge is -2.03. The van der Waals surface area contributed by atoms with E-state index in [9.17, 15) is 9.59 Å². The lowest BCUT2D eigenvalue weighted by atomic mass is 10.0. The molecule has 0 spiro atoms. The van der Waals surface area contributed by atoms with Crippen molar-refractivity contribution in [3.63, 3.8) is 0 Å². The predicted molar refractivity (Wildman–Crippen MR) is 59.8 cm³/mol. The summed E-state index contributed by atoms with van der Waals surface area (Å²) in [7, 11) is 0. The first-order valence-electron chi connectivity index (χ1n) is 5.50. The van der Waals surface area contributed by atoms with E-state index < -0.39 is 5.97 Å². The van der Waals surface area contributed by atoms with E-state index in [-0.39, 0.29) is 18.6 Å². The van der Waals surface area contributed by atoms with Crippen LogP contribution in [0.3, 0.4) is 0 Å². The van der Waals surface area contributed by atoms with Crippen molar-refractivity contribution in [2.45, 2.75) is 51.9 Å². The smallest absolute Gasteiger partial charge is 0.303 e. The first kappa shape index (κ1) is 13.9. The van der Waals surface area contributed by atoms with E-state index in [0.29, 0.717) is 12.0 Å². The third-order valence-electron chi connectivity index (χ3n) is 2.29. The Bertz CT molecular complexity index is 231. The van der Waals surface area contributed by atoms with Crippen molar-refractivity contribution in [1.29, 1.82) is 0 Å². The number of rotatable bonds is 9. The molecule has 0 unspecified atom stereocenters. The van der Waals surface area contributed by atoms with Crippen molar-refractivity contribution in [3.05, 3.63) is 12.2 Å². The second-order valence-electron chi connectivity index (χ2n) is 3.73. The molecule has 0 bridgehead atoms. The first-order chi connectivity index (χ1) is 7.07. The van der Waals surface area contributed by atoms with E-state index in [1.807, 2.05) is 0 Å². The van der Waals surface area contributed by atoms with Gasteiger partial charge in [-0.15, -0.1) is 0 Å². The minimum absolute atomic E-state index is 0.0853. The Hall–Kier alpha value is -1.12. The van der Waals surface area contributed by atoms with Crippen LogP contribution < -0.4 is 0 Å². The molecule has 0 aliphatic rings. The summed E-state index contributed by atoms with van der Waals surface area (Å²) >= 11 is 0. The average molecular weight is 212 g/mol. The quantitative estimate of drug-likeness (QED) is 0.472. The van der Waals surface area contributed by atoms with E-state index in [4.69, 9.17) is 5.11 Å². The van der Waals surface area contributed by atoms with Crippen LogP contribution in [0.15, 0.2) is 12.2 Å². The number of carboxylic acid groups (broad SMARTS) is 1. The summed E-state index contributed by atoms with van der Waals surface area (Å²) in [6.07, 6.45) is 5.14. The summed E-state index contributed by atoms with van der Waals surface area (Å²) < 4.78 is 0. The minimum Gasteiger partial charge on any atom is -0.481 e. The zero-order valence-corrected chi connectivity index (χ0v) is 9.42. The van der Waals surface area contributed by atoms with Gasteiger partial charge in [0.1, 0.15) is 0 Å². The zero-order chi connectivity index (χ0) is 11.7. The molecule has 0 aromatic rings. The number of hydrogen-bond acceptors (Lipinski definition) is 2. The molecule has 1 N–H and O–H groups in total. The molecule has 0 aliphatic heterocycles. The van der Waals surface area contributed by atoms with Gasteiger partial charge in [0.25, 0.3) is 0 Å². The van der Waals surface area contributed by atoms with Crippen LogP contribution >= 0.6 is 0 Å². The Labute approximate surface area is 91.2 Å². The van der Waals surface area contributed by atoms with Gasteiger partial charge < -0.3 is 5.11 Å². The third kappa shape index (κ3) is 7.91. The topological polar surface area (TPSA) is 54.4 Å². The Morgan fingerprint density at radius 1 is 1.07 bits per heavy atom. The highest BCUT2D eigenvalue weighted by Gasteiger charge is 2.08. The van der Waals surface area contributed by atoms with Crippen LogP contribution in [0, 0.1) is 0 Å². The number of ketones is 1. The van der Waals surface area contributed by atoms with Crippen molar-refractivity contribution in [2.24, 2.45) is 0 Å². The molecular weight excluding hydrogens is 192 g/mol. The molecule has 0 aromatic heterocycles. The summed E-state index contributed by atoms with van der Waals surface area (Å²) in [6, 6.07) is 0. The number of unbranched alkanes of at least 4 members (excludes halogenated alkanes) is 3. The summed E-state index contributed by atoms with van der Waals surface area (Å²) in [5.41, 5.74) is 0.576. The average Bonchev–Trinajstić information content (AvgIpc) is 2.20. The molecule has 0 amide bonds. The molecule has 0 heterocycles. The van der Waals surface area contributed by atoms with Crippen LogP contribution in [0.1, 0.15) is 51.9 Å². The van der Waals surface area contributed by atoms with E-state index in [1.165, 1.54) is 12.8 Å². The maximum absolute atomic E-state index is 11.3. The second kappa shape index (κ2) is 8.21. The first-order valence-corrected chi connectivity index (χ1v) is 5.50. The molecule has 0 radical (unpaired) electrons. The van der Waals surface area contributed by atoms with Gasteiger partial charge in [-0.05, 0) is 18.4 Å². The Morgan fingerprint density at radius 2 is 1.73 bits per heavy atom. The molecular formula is C12H20O3. The Morgan fingerprint density at radius 3 is 2.27 bits per heavy atom. The standard InChI is InChI=1S/C12H20O3/c1-3-4-5-6-7-10(2)11(13)8-9-12(14)15/h2-9H2,1H3,(H,14,15). The van der Waals surface area contributed by atoms with Crippen LogP contribution in [0.4, 0.5) is 0 Å². The van der Waals surface area contributed by atoms with Crippen molar-refractivity contribution in [1.82, 2.24) is 0 Å². The lowest BCUT2D eigenvalue weighted by molar-refractivity contribution is -0.138. The highest BCUT2D eigenvalue weighted by atomic mass is 16.4. The van der Waals surface area contributed by atoms with Gasteiger partial charge >= 0.3 is 5.97 Å². The monoisotopic (exact) mass is 212 g/mol. The van der Waals surface area contributed by atoms with Crippen LogP contribution in [-0.4, -0.2) is 16.9 Å². The lowest BCUT2D eigenvalue weighted by Crippen LogP contribution is -2.05. The number of hydrogen-bond donors (Lipinski definition) is 1. The predicted octanol–water partition coefficient (Wildman–Crippen LogP) is 2.95. The van der Waals surface area contributed by atoms with Gasteiger partial charge in [0.2, 0.25) is 0 Å². The van der Waals surface area contributed by atoms with E-state index in [0.717, 1.165) is 12.8 Å². The van der Waals surface area contributed by atoms with Crippen molar-refractivity contribution >= 4 is 11.8 Å². The van der Waals surface area contributed by atoms with Crippen LogP contribution in [0.5, 0.6) is 0 Å². The molecule has 0 fully saturated rings. The van der Waals surface area contributed by atoms with Gasteiger partial charge in [0, 0.05) is 6.42 Å². The van der Waals surface area contributed by atoms with Crippen molar-refractivity contribution < 1.29 is 14.7 Å². The fourth-order valence-corrected chi connectivity index (χ4v) is 1.30. The summed E-state index contributed by atoms with van der Waals surface area (Å²) in [4.78, 5) is 21.6. The van der Waals surface area contributed by atoms with Gasteiger partial charge in [-0.1, -0.05) is 32.8 Å². The van der Waals surface area contributed by atoms with Gasteiger partial charge in [0.05, 0.1) is 6.42 Å². The number of carbonyl (C=O) groups excluding carboxylic acids is 1. The van der Waals surface area contributed by atoms with Crippen molar-refractivity contribution in [3.8, 4) is 0 Å². The SMILES string of the molecule is C=C(CCCCCC)C(=O)CCC(=O)O. The van der Waals surface area contributed by atoms with E-state index in [2.05, 4.69) is 13.5 Å². The summed E-state index contributed by atoms with van der Waals surface area (Å²) in [5.74, 6) is -1.03. The minimum atomic E-state index is -0.929. The Kier molecular flexibility index (Phi) is 7.60. The molecule has 0 rings (SSSR count). The van der Waals surface area contributed by atoms with Crippen molar-refractivity contribution in [2.75, 3.05) is 0 Å². The summed E-state index contributed by atoms with van der Waals surface area (Å²) in [6.45, 7) is 5.82. The number of allylic oxidation sites excluding steroid dienone is 1. The molecule has 3 nitrogen and oxygen atoms in total. The summed E-state index contributed by atoms with van der Waals surface area (Å²) in [5, 5.41) is 8.41. The highest BCUT2D eigenvalue weighted by Crippen LogP contribution is 2.11. The molecule has 3 heteroatoms. The highest BCUT2D eigenvalue weighted by molar-refractivity contribution is 5.96. The number of carbonyl (C=O) groups is 2. The maximum Gasteiger partial charge on any atom is 0.303 e. The third-order valence-corrected chi connectivity index (χ3v) is 2.29. The molecule has 0 atom stereocenters. The fourth-order valence-electron chi connectivity index (χ4n) is 1.30. The fraction of sp³-hybridized carbons (Fsp3) is 0.667. The van der Waals surface area contributed by atoms with Gasteiger partial charge in [0.15, 0.2) is 5.78 Å². The largest absolute Gasteiger partial charge is 0.481 e. The van der Waals surface area contributed by atoms with Gasteiger partial charge in [-0.25, -0.2) is 0 Å². The molecule has 0 aromatic carbocycles. The maximum atomic E-state index is 11.3. The molecule has 0 saturated carbocycles. The van der Waals surface area contributed by atoms with E-state index in [1.54, 1.807) is 0 Å². The number of carboxylic acids is 1. The normalized spacial score (nSPS) is 9.93. The molecule has 15 heavy (non-hydrogen) atoms. The second-order valence-corrected chi connectivity index (χ2v) is 3.73. The molecule has 0 saturated heterocycles. The van der Waals surface area contributed by atoms with Crippen LogP contribution in [0.25, 0.3) is 0 Å². The zero-order valence-electron chi connectivity index (χ0n) is 9.42.